The van der Waals surface area contributed by atoms with Crippen molar-refractivity contribution in [3.05, 3.63) is 107 Å². The van der Waals surface area contributed by atoms with Crippen LogP contribution in [0.4, 0.5) is 34.1 Å². The first-order valence-corrected chi connectivity index (χ1v) is 13.0. The number of benzene rings is 4. The highest BCUT2D eigenvalue weighted by atomic mass is 15.3. The summed E-state index contributed by atoms with van der Waals surface area (Å²) in [6.07, 6.45) is 0. The van der Waals surface area contributed by atoms with Crippen LogP contribution in [0, 0.1) is 45.3 Å². The zero-order valence-corrected chi connectivity index (χ0v) is 22.4. The SMILES string of the molecule is N#Cc1ccc(N=Nc2ccc(N3CCN(c4ccc(N=Nc5ccc(C#N)cc5C#N)cc4)CC3)cc2)c(C#N)c1. The number of nitrogens with zero attached hydrogens (tertiary/aromatic N) is 10. The van der Waals surface area contributed by atoms with Gasteiger partial charge >= 0.3 is 0 Å². The lowest BCUT2D eigenvalue weighted by atomic mass is 10.1. The minimum absolute atomic E-state index is 0.309. The number of hydrogen-bond donors (Lipinski definition) is 0. The molecule has 1 heterocycles. The highest BCUT2D eigenvalue weighted by molar-refractivity contribution is 5.60. The molecule has 0 unspecified atom stereocenters. The Hall–Kier alpha value is -6.36. The molecular formula is C32H22N10. The molecule has 0 aliphatic carbocycles. The lowest BCUT2D eigenvalue weighted by molar-refractivity contribution is 0.653. The Balaban J connectivity index is 1.16. The second kappa shape index (κ2) is 12.7. The first kappa shape index (κ1) is 27.2. The van der Waals surface area contributed by atoms with Gasteiger partial charge in [-0.3, -0.25) is 0 Å². The summed E-state index contributed by atoms with van der Waals surface area (Å²) >= 11 is 0. The first-order valence-electron chi connectivity index (χ1n) is 13.0. The topological polar surface area (TPSA) is 151 Å². The van der Waals surface area contributed by atoms with Crippen LogP contribution in [0.25, 0.3) is 0 Å². The van der Waals surface area contributed by atoms with Crippen molar-refractivity contribution in [3.8, 4) is 24.3 Å². The van der Waals surface area contributed by atoms with E-state index >= 15 is 0 Å². The third kappa shape index (κ3) is 6.26. The van der Waals surface area contributed by atoms with E-state index < -0.39 is 0 Å². The third-order valence-corrected chi connectivity index (χ3v) is 6.75. The van der Waals surface area contributed by atoms with E-state index in [4.69, 9.17) is 10.5 Å². The largest absolute Gasteiger partial charge is 0.368 e. The van der Waals surface area contributed by atoms with E-state index in [1.807, 2.05) is 60.7 Å². The van der Waals surface area contributed by atoms with Crippen molar-refractivity contribution >= 4 is 34.1 Å². The summed E-state index contributed by atoms with van der Waals surface area (Å²) < 4.78 is 0. The van der Waals surface area contributed by atoms with Crippen molar-refractivity contribution in [2.45, 2.75) is 0 Å². The van der Waals surface area contributed by atoms with Crippen molar-refractivity contribution in [3.63, 3.8) is 0 Å². The fraction of sp³-hybridized carbons (Fsp3) is 0.125. The fourth-order valence-corrected chi connectivity index (χ4v) is 4.47. The number of anilines is 2. The van der Waals surface area contributed by atoms with Crippen LogP contribution < -0.4 is 9.80 Å². The quantitative estimate of drug-likeness (QED) is 0.231. The molecule has 0 amide bonds. The molecule has 200 valence electrons. The molecule has 0 N–H and O–H groups in total. The van der Waals surface area contributed by atoms with Crippen LogP contribution in [0.3, 0.4) is 0 Å². The van der Waals surface area contributed by atoms with Gasteiger partial charge in [0.25, 0.3) is 0 Å². The molecule has 5 rings (SSSR count). The molecule has 4 aromatic carbocycles. The van der Waals surface area contributed by atoms with Crippen LogP contribution in [-0.4, -0.2) is 26.2 Å². The molecule has 1 aliphatic rings. The lowest BCUT2D eigenvalue weighted by Crippen LogP contribution is -2.46. The average molecular weight is 547 g/mol. The van der Waals surface area contributed by atoms with E-state index in [9.17, 15) is 10.5 Å². The van der Waals surface area contributed by atoms with Gasteiger partial charge in [0, 0.05) is 37.6 Å². The molecule has 10 heteroatoms. The standard InChI is InChI=1S/C32H22N10/c33-19-23-1-11-31(25(17-23)21-35)39-37-27-3-7-29(8-4-27)41-13-15-42(16-14-41)30-9-5-28(6-10-30)38-40-32-12-2-24(20-34)18-26(32)22-36/h1-12,17-18H,13-16H2. The summed E-state index contributed by atoms with van der Waals surface area (Å²) in [7, 11) is 0. The average Bonchev–Trinajstić information content (AvgIpc) is 3.06. The monoisotopic (exact) mass is 546 g/mol. The van der Waals surface area contributed by atoms with Crippen molar-refractivity contribution < 1.29 is 0 Å². The van der Waals surface area contributed by atoms with Crippen LogP contribution in [-0.2, 0) is 0 Å². The molecule has 1 aliphatic heterocycles. The summed E-state index contributed by atoms with van der Waals surface area (Å²) in [4.78, 5) is 4.64. The zero-order valence-electron chi connectivity index (χ0n) is 22.4. The van der Waals surface area contributed by atoms with Crippen LogP contribution >= 0.6 is 0 Å². The molecule has 0 saturated carbocycles. The molecule has 4 aromatic rings. The molecule has 42 heavy (non-hydrogen) atoms. The molecule has 0 bridgehead atoms. The van der Waals surface area contributed by atoms with Gasteiger partial charge in [-0.2, -0.15) is 31.3 Å². The predicted octanol–water partition coefficient (Wildman–Crippen LogP) is 7.33. The Morgan fingerprint density at radius 2 is 0.833 bits per heavy atom. The van der Waals surface area contributed by atoms with Crippen LogP contribution in [0.15, 0.2) is 105 Å². The number of azo groups is 2. The van der Waals surface area contributed by atoms with Gasteiger partial charge in [0.05, 0.1) is 45.8 Å². The third-order valence-electron chi connectivity index (χ3n) is 6.75. The summed E-state index contributed by atoms with van der Waals surface area (Å²) in [6.45, 7) is 3.42. The van der Waals surface area contributed by atoms with Crippen molar-refractivity contribution in [1.82, 2.24) is 0 Å². The summed E-state index contributed by atoms with van der Waals surface area (Å²) in [5.74, 6) is 0. The maximum atomic E-state index is 9.32. The second-order valence-corrected chi connectivity index (χ2v) is 9.32. The van der Waals surface area contributed by atoms with E-state index in [0.29, 0.717) is 45.0 Å². The Kier molecular flexibility index (Phi) is 8.21. The van der Waals surface area contributed by atoms with Gasteiger partial charge < -0.3 is 9.80 Å². The fourth-order valence-electron chi connectivity index (χ4n) is 4.47. The normalized spacial score (nSPS) is 13.0. The van der Waals surface area contributed by atoms with E-state index in [0.717, 1.165) is 37.6 Å². The summed E-state index contributed by atoms with van der Waals surface area (Å²) in [5, 5.41) is 53.5. The lowest BCUT2D eigenvalue weighted by Gasteiger charge is -2.37. The molecule has 0 spiro atoms. The van der Waals surface area contributed by atoms with Crippen LogP contribution in [0.2, 0.25) is 0 Å². The number of rotatable bonds is 6. The molecule has 1 saturated heterocycles. The highest BCUT2D eigenvalue weighted by Gasteiger charge is 2.17. The Morgan fingerprint density at radius 1 is 0.452 bits per heavy atom. The van der Waals surface area contributed by atoms with Gasteiger partial charge in [0.15, 0.2) is 0 Å². The van der Waals surface area contributed by atoms with E-state index in [-0.39, 0.29) is 0 Å². The molecule has 0 radical (unpaired) electrons. The first-order chi connectivity index (χ1) is 20.6. The highest BCUT2D eigenvalue weighted by Crippen LogP contribution is 2.28. The minimum Gasteiger partial charge on any atom is -0.368 e. The van der Waals surface area contributed by atoms with Gasteiger partial charge in [0.2, 0.25) is 0 Å². The zero-order chi connectivity index (χ0) is 29.3. The van der Waals surface area contributed by atoms with E-state index in [2.05, 4.69) is 42.4 Å². The Labute approximate surface area is 242 Å². The Bertz CT molecular complexity index is 1680. The van der Waals surface area contributed by atoms with E-state index in [1.54, 1.807) is 24.3 Å². The number of hydrogen-bond acceptors (Lipinski definition) is 10. The molecular weight excluding hydrogens is 524 g/mol. The summed E-state index contributed by atoms with van der Waals surface area (Å²) in [6, 6.07) is 33.2. The molecule has 1 fully saturated rings. The van der Waals surface area contributed by atoms with Gasteiger partial charge in [-0.15, -0.1) is 10.2 Å². The van der Waals surface area contributed by atoms with Gasteiger partial charge in [-0.25, -0.2) is 0 Å². The molecule has 10 nitrogen and oxygen atoms in total. The Morgan fingerprint density at radius 3 is 1.17 bits per heavy atom. The second-order valence-electron chi connectivity index (χ2n) is 9.32. The van der Waals surface area contributed by atoms with Crippen LogP contribution in [0.1, 0.15) is 22.3 Å². The predicted molar refractivity (Wildman–Crippen MR) is 157 cm³/mol. The van der Waals surface area contributed by atoms with Gasteiger partial charge in [-0.1, -0.05) is 0 Å². The van der Waals surface area contributed by atoms with Crippen molar-refractivity contribution in [2.24, 2.45) is 20.5 Å². The van der Waals surface area contributed by atoms with Crippen molar-refractivity contribution in [2.75, 3.05) is 36.0 Å². The summed E-state index contributed by atoms with van der Waals surface area (Å²) in [5.41, 5.74) is 5.82. The molecule has 0 aromatic heterocycles. The molecule has 0 atom stereocenters. The minimum atomic E-state index is 0.309. The van der Waals surface area contributed by atoms with Gasteiger partial charge in [0.1, 0.15) is 23.5 Å². The van der Waals surface area contributed by atoms with E-state index in [1.165, 1.54) is 12.1 Å². The van der Waals surface area contributed by atoms with Crippen molar-refractivity contribution in [1.29, 1.82) is 21.0 Å². The number of piperazine rings is 1. The number of nitriles is 4. The van der Waals surface area contributed by atoms with Gasteiger partial charge in [-0.05, 0) is 84.9 Å². The maximum absolute atomic E-state index is 9.32. The maximum Gasteiger partial charge on any atom is 0.104 e. The van der Waals surface area contributed by atoms with Crippen LogP contribution in [0.5, 0.6) is 0 Å². The smallest absolute Gasteiger partial charge is 0.104 e.